The lowest BCUT2D eigenvalue weighted by Gasteiger charge is -2.29. The second kappa shape index (κ2) is 6.36. The minimum atomic E-state index is 0.0630. The van der Waals surface area contributed by atoms with E-state index in [9.17, 15) is 4.79 Å². The molecule has 1 aliphatic heterocycles. The number of anilines is 1. The molecule has 2 heterocycles. The number of carbonyl (C=O) groups is 1. The SMILES string of the molecule is CN(CC(=O)N1CCNCC1)c1cc(Cl)nnc1Cl. The van der Waals surface area contributed by atoms with E-state index in [1.165, 1.54) is 0 Å². The van der Waals surface area contributed by atoms with Crippen molar-refractivity contribution in [1.29, 1.82) is 0 Å². The predicted octanol–water partition coefficient (Wildman–Crippen LogP) is 0.651. The van der Waals surface area contributed by atoms with E-state index in [-0.39, 0.29) is 22.8 Å². The zero-order chi connectivity index (χ0) is 13.8. The Labute approximate surface area is 121 Å². The molecule has 0 spiro atoms. The van der Waals surface area contributed by atoms with E-state index in [2.05, 4.69) is 15.5 Å². The number of likely N-dealkylation sites (N-methyl/N-ethyl adjacent to an activating group) is 1. The van der Waals surface area contributed by atoms with Crippen LogP contribution in [0.25, 0.3) is 0 Å². The molecule has 1 aromatic rings. The summed E-state index contributed by atoms with van der Waals surface area (Å²) in [6.45, 7) is 3.37. The molecular formula is C11H15Cl2N5O. The fourth-order valence-electron chi connectivity index (χ4n) is 1.91. The monoisotopic (exact) mass is 303 g/mol. The third-order valence-corrected chi connectivity index (χ3v) is 3.41. The van der Waals surface area contributed by atoms with Crippen LogP contribution in [0.3, 0.4) is 0 Å². The second-order valence-electron chi connectivity index (χ2n) is 4.33. The summed E-state index contributed by atoms with van der Waals surface area (Å²) in [5, 5.41) is 11.1. The molecule has 8 heteroatoms. The number of nitrogens with zero attached hydrogens (tertiary/aromatic N) is 4. The van der Waals surface area contributed by atoms with E-state index in [0.29, 0.717) is 5.69 Å². The zero-order valence-electron chi connectivity index (χ0n) is 10.6. The molecule has 2 rings (SSSR count). The smallest absolute Gasteiger partial charge is 0.242 e. The van der Waals surface area contributed by atoms with Crippen LogP contribution in [0.2, 0.25) is 10.3 Å². The Morgan fingerprint density at radius 2 is 2.11 bits per heavy atom. The van der Waals surface area contributed by atoms with Crippen molar-refractivity contribution in [1.82, 2.24) is 20.4 Å². The van der Waals surface area contributed by atoms with Crippen LogP contribution < -0.4 is 10.2 Å². The van der Waals surface area contributed by atoms with Crippen molar-refractivity contribution in [3.05, 3.63) is 16.4 Å². The number of rotatable bonds is 3. The van der Waals surface area contributed by atoms with Gasteiger partial charge in [0.05, 0.1) is 12.2 Å². The van der Waals surface area contributed by atoms with Crippen molar-refractivity contribution >= 4 is 34.8 Å². The Morgan fingerprint density at radius 3 is 2.79 bits per heavy atom. The van der Waals surface area contributed by atoms with Crippen molar-refractivity contribution in [2.75, 3.05) is 44.7 Å². The molecule has 0 atom stereocenters. The lowest BCUT2D eigenvalue weighted by molar-refractivity contribution is -0.130. The molecule has 0 unspecified atom stereocenters. The summed E-state index contributed by atoms with van der Waals surface area (Å²) in [4.78, 5) is 15.7. The van der Waals surface area contributed by atoms with E-state index < -0.39 is 0 Å². The van der Waals surface area contributed by atoms with Gasteiger partial charge in [-0.2, -0.15) is 0 Å². The minimum Gasteiger partial charge on any atom is -0.363 e. The van der Waals surface area contributed by atoms with Gasteiger partial charge in [-0.3, -0.25) is 4.79 Å². The molecule has 0 aromatic carbocycles. The maximum atomic E-state index is 12.1. The molecule has 1 aliphatic rings. The summed E-state index contributed by atoms with van der Waals surface area (Å²) < 4.78 is 0. The molecule has 1 amide bonds. The highest BCUT2D eigenvalue weighted by Crippen LogP contribution is 2.24. The zero-order valence-corrected chi connectivity index (χ0v) is 12.1. The molecule has 1 N–H and O–H groups in total. The van der Waals surface area contributed by atoms with Crippen LogP contribution in [0.1, 0.15) is 0 Å². The Morgan fingerprint density at radius 1 is 1.42 bits per heavy atom. The van der Waals surface area contributed by atoms with Crippen molar-refractivity contribution < 1.29 is 4.79 Å². The first kappa shape index (κ1) is 14.3. The number of piperazine rings is 1. The van der Waals surface area contributed by atoms with Gasteiger partial charge in [0.2, 0.25) is 5.91 Å². The quantitative estimate of drug-likeness (QED) is 0.888. The van der Waals surface area contributed by atoms with Crippen LogP contribution in [-0.2, 0) is 4.79 Å². The third kappa shape index (κ3) is 3.68. The van der Waals surface area contributed by atoms with Gasteiger partial charge < -0.3 is 15.1 Å². The van der Waals surface area contributed by atoms with Gasteiger partial charge in [-0.15, -0.1) is 10.2 Å². The van der Waals surface area contributed by atoms with E-state index >= 15 is 0 Å². The van der Waals surface area contributed by atoms with E-state index in [1.54, 1.807) is 18.0 Å². The molecule has 0 aliphatic carbocycles. The van der Waals surface area contributed by atoms with Gasteiger partial charge in [0.15, 0.2) is 10.3 Å². The molecular weight excluding hydrogens is 289 g/mol. The lowest BCUT2D eigenvalue weighted by atomic mass is 10.3. The van der Waals surface area contributed by atoms with Gasteiger partial charge in [0.1, 0.15) is 0 Å². The Balaban J connectivity index is 2.01. The first-order valence-corrected chi connectivity index (χ1v) is 6.72. The van der Waals surface area contributed by atoms with Crippen LogP contribution in [0.15, 0.2) is 6.07 Å². The molecule has 1 fully saturated rings. The van der Waals surface area contributed by atoms with Gasteiger partial charge in [0.25, 0.3) is 0 Å². The third-order valence-electron chi connectivity index (χ3n) is 2.95. The molecule has 0 bridgehead atoms. The second-order valence-corrected chi connectivity index (χ2v) is 5.08. The summed E-state index contributed by atoms with van der Waals surface area (Å²) in [7, 11) is 1.78. The average molecular weight is 304 g/mol. The molecule has 104 valence electrons. The maximum absolute atomic E-state index is 12.1. The van der Waals surface area contributed by atoms with Gasteiger partial charge in [-0.25, -0.2) is 0 Å². The molecule has 6 nitrogen and oxygen atoms in total. The fraction of sp³-hybridized carbons (Fsp3) is 0.545. The molecule has 19 heavy (non-hydrogen) atoms. The topological polar surface area (TPSA) is 61.4 Å². The van der Waals surface area contributed by atoms with Crippen LogP contribution in [0.5, 0.6) is 0 Å². The van der Waals surface area contributed by atoms with Crippen LogP contribution in [0.4, 0.5) is 5.69 Å². The van der Waals surface area contributed by atoms with Crippen molar-refractivity contribution in [3.8, 4) is 0 Å². The summed E-state index contributed by atoms with van der Waals surface area (Å²) in [5.41, 5.74) is 0.602. The van der Waals surface area contributed by atoms with Crippen molar-refractivity contribution in [2.45, 2.75) is 0 Å². The molecule has 1 aromatic heterocycles. The van der Waals surface area contributed by atoms with E-state index in [0.717, 1.165) is 26.2 Å². The highest BCUT2D eigenvalue weighted by atomic mass is 35.5. The van der Waals surface area contributed by atoms with Crippen molar-refractivity contribution in [2.24, 2.45) is 0 Å². The van der Waals surface area contributed by atoms with Gasteiger partial charge in [-0.1, -0.05) is 23.2 Å². The Kier molecular flexibility index (Phi) is 4.79. The predicted molar refractivity (Wildman–Crippen MR) is 74.8 cm³/mol. The van der Waals surface area contributed by atoms with Gasteiger partial charge >= 0.3 is 0 Å². The normalized spacial score (nSPS) is 15.4. The van der Waals surface area contributed by atoms with Crippen molar-refractivity contribution in [3.63, 3.8) is 0 Å². The average Bonchev–Trinajstić information content (AvgIpc) is 2.42. The number of hydrogen-bond donors (Lipinski definition) is 1. The first-order valence-electron chi connectivity index (χ1n) is 5.96. The van der Waals surface area contributed by atoms with Gasteiger partial charge in [-0.05, 0) is 0 Å². The number of aromatic nitrogens is 2. The van der Waals surface area contributed by atoms with E-state index in [1.807, 2.05) is 4.90 Å². The number of halogens is 2. The Hall–Kier alpha value is -1.11. The minimum absolute atomic E-state index is 0.0630. The van der Waals surface area contributed by atoms with Gasteiger partial charge in [0, 0.05) is 39.3 Å². The van der Waals surface area contributed by atoms with Crippen LogP contribution in [0, 0.1) is 0 Å². The molecule has 1 saturated heterocycles. The van der Waals surface area contributed by atoms with E-state index in [4.69, 9.17) is 23.2 Å². The lowest BCUT2D eigenvalue weighted by Crippen LogP contribution is -2.49. The summed E-state index contributed by atoms with van der Waals surface area (Å²) in [6, 6.07) is 1.60. The summed E-state index contributed by atoms with van der Waals surface area (Å²) in [6.07, 6.45) is 0. The summed E-state index contributed by atoms with van der Waals surface area (Å²) >= 11 is 11.7. The van der Waals surface area contributed by atoms with Crippen LogP contribution >= 0.6 is 23.2 Å². The number of nitrogens with one attached hydrogen (secondary N) is 1. The highest BCUT2D eigenvalue weighted by molar-refractivity contribution is 6.33. The maximum Gasteiger partial charge on any atom is 0.242 e. The number of hydrogen-bond acceptors (Lipinski definition) is 5. The molecule has 0 radical (unpaired) electrons. The number of carbonyl (C=O) groups excluding carboxylic acids is 1. The van der Waals surface area contributed by atoms with Crippen LogP contribution in [-0.4, -0.2) is 60.8 Å². The highest BCUT2D eigenvalue weighted by Gasteiger charge is 2.19. The number of amides is 1. The Bertz CT molecular complexity index is 464. The summed E-state index contributed by atoms with van der Waals surface area (Å²) in [5.74, 6) is 0.0630. The largest absolute Gasteiger partial charge is 0.363 e. The first-order chi connectivity index (χ1) is 9.08. The molecule has 0 saturated carbocycles. The fourth-order valence-corrected chi connectivity index (χ4v) is 2.29. The standard InChI is InChI=1S/C11H15Cl2N5O/c1-17(8-6-9(12)15-16-11(8)13)7-10(19)18-4-2-14-3-5-18/h6,14H,2-5,7H2,1H3.